The van der Waals surface area contributed by atoms with E-state index in [0.29, 0.717) is 6.54 Å². The van der Waals surface area contributed by atoms with E-state index in [4.69, 9.17) is 4.74 Å². The van der Waals surface area contributed by atoms with Crippen LogP contribution in [0.2, 0.25) is 0 Å². The average molecular weight is 371 g/mol. The summed E-state index contributed by atoms with van der Waals surface area (Å²) in [5.74, 6) is 0.606. The van der Waals surface area contributed by atoms with Crippen molar-refractivity contribution < 1.29 is 13.9 Å². The van der Waals surface area contributed by atoms with E-state index in [0.717, 1.165) is 50.5 Å². The Morgan fingerprint density at radius 3 is 2.26 bits per heavy atom. The summed E-state index contributed by atoms with van der Waals surface area (Å²) in [5, 5.41) is 2.91. The quantitative estimate of drug-likeness (QED) is 0.849. The molecule has 1 aliphatic rings. The van der Waals surface area contributed by atoms with Crippen molar-refractivity contribution >= 4 is 6.03 Å². The molecule has 144 valence electrons. The number of piperazine rings is 1. The van der Waals surface area contributed by atoms with Gasteiger partial charge in [0.05, 0.1) is 7.11 Å². The Labute approximate surface area is 159 Å². The van der Waals surface area contributed by atoms with Crippen molar-refractivity contribution in [2.75, 3.05) is 39.8 Å². The zero-order valence-corrected chi connectivity index (χ0v) is 15.7. The van der Waals surface area contributed by atoms with Gasteiger partial charge in [0.25, 0.3) is 0 Å². The number of carbonyl (C=O) groups excluding carboxylic acids is 1. The smallest absolute Gasteiger partial charge is 0.317 e. The molecule has 0 saturated carbocycles. The van der Waals surface area contributed by atoms with Crippen LogP contribution in [0.3, 0.4) is 0 Å². The summed E-state index contributed by atoms with van der Waals surface area (Å²) in [7, 11) is 1.67. The first kappa shape index (κ1) is 19.2. The van der Waals surface area contributed by atoms with Crippen molar-refractivity contribution in [1.82, 2.24) is 15.1 Å². The third-order valence-electron chi connectivity index (χ3n) is 4.89. The first-order valence-electron chi connectivity index (χ1n) is 9.26. The number of hydrogen-bond donors (Lipinski definition) is 1. The van der Waals surface area contributed by atoms with Gasteiger partial charge in [-0.15, -0.1) is 0 Å². The number of halogens is 1. The summed E-state index contributed by atoms with van der Waals surface area (Å²) < 4.78 is 18.1. The topological polar surface area (TPSA) is 44.8 Å². The number of benzene rings is 2. The normalized spacial score (nSPS) is 14.8. The summed E-state index contributed by atoms with van der Waals surface area (Å²) in [6, 6.07) is 14.3. The fourth-order valence-corrected chi connectivity index (χ4v) is 3.15. The number of nitrogens with one attached hydrogen (secondary N) is 1. The van der Waals surface area contributed by atoms with Gasteiger partial charge in [0.15, 0.2) is 0 Å². The molecular formula is C21H26FN3O2. The monoisotopic (exact) mass is 371 g/mol. The van der Waals surface area contributed by atoms with Gasteiger partial charge in [-0.25, -0.2) is 9.18 Å². The Kier molecular flexibility index (Phi) is 6.65. The van der Waals surface area contributed by atoms with Gasteiger partial charge in [-0.2, -0.15) is 0 Å². The van der Waals surface area contributed by atoms with E-state index >= 15 is 0 Å². The lowest BCUT2D eigenvalue weighted by Crippen LogP contribution is -2.51. The molecule has 1 fully saturated rings. The molecule has 0 unspecified atom stereocenters. The Morgan fingerprint density at radius 2 is 1.63 bits per heavy atom. The Hall–Kier alpha value is -2.60. The van der Waals surface area contributed by atoms with Crippen LogP contribution in [-0.4, -0.2) is 55.7 Å². The lowest BCUT2D eigenvalue weighted by Gasteiger charge is -2.34. The largest absolute Gasteiger partial charge is 0.497 e. The van der Waals surface area contributed by atoms with Gasteiger partial charge in [-0.05, 0) is 41.8 Å². The summed E-state index contributed by atoms with van der Waals surface area (Å²) in [6.45, 7) is 4.59. The third kappa shape index (κ3) is 5.69. The van der Waals surface area contributed by atoms with E-state index < -0.39 is 0 Å². The molecule has 27 heavy (non-hydrogen) atoms. The summed E-state index contributed by atoms with van der Waals surface area (Å²) in [5.41, 5.74) is 2.18. The molecule has 0 spiro atoms. The Morgan fingerprint density at radius 1 is 1.00 bits per heavy atom. The Bertz CT molecular complexity index is 726. The molecule has 0 bridgehead atoms. The fraction of sp³-hybridized carbons (Fsp3) is 0.381. The number of nitrogens with zero attached hydrogens (tertiary/aromatic N) is 2. The summed E-state index contributed by atoms with van der Waals surface area (Å²) >= 11 is 0. The molecule has 0 aliphatic carbocycles. The van der Waals surface area contributed by atoms with Gasteiger partial charge in [0.1, 0.15) is 11.6 Å². The lowest BCUT2D eigenvalue weighted by molar-refractivity contribution is 0.140. The van der Waals surface area contributed by atoms with Crippen molar-refractivity contribution in [3.8, 4) is 5.75 Å². The molecule has 1 N–H and O–H groups in total. The zero-order chi connectivity index (χ0) is 19.1. The van der Waals surface area contributed by atoms with Gasteiger partial charge >= 0.3 is 6.03 Å². The summed E-state index contributed by atoms with van der Waals surface area (Å²) in [6.07, 6.45) is 0.987. The molecule has 2 aromatic carbocycles. The number of methoxy groups -OCH3 is 1. The van der Waals surface area contributed by atoms with Crippen LogP contribution in [-0.2, 0) is 13.0 Å². The van der Waals surface area contributed by atoms with Crippen LogP contribution in [0.4, 0.5) is 9.18 Å². The minimum Gasteiger partial charge on any atom is -0.497 e. The van der Waals surface area contributed by atoms with Crippen LogP contribution in [0.15, 0.2) is 48.5 Å². The first-order chi connectivity index (χ1) is 13.1. The predicted octanol–water partition coefficient (Wildman–Crippen LogP) is 2.90. The number of rotatable bonds is 6. The highest BCUT2D eigenvalue weighted by molar-refractivity contribution is 5.74. The molecule has 0 radical (unpaired) electrons. The molecule has 1 heterocycles. The molecule has 0 atom stereocenters. The van der Waals surface area contributed by atoms with E-state index in [1.165, 1.54) is 17.7 Å². The fourth-order valence-electron chi connectivity index (χ4n) is 3.15. The van der Waals surface area contributed by atoms with Crippen LogP contribution in [0, 0.1) is 5.82 Å². The van der Waals surface area contributed by atoms with Gasteiger partial charge in [0, 0.05) is 39.3 Å². The number of urea groups is 1. The molecule has 1 saturated heterocycles. The van der Waals surface area contributed by atoms with E-state index in [1.807, 2.05) is 17.0 Å². The zero-order valence-electron chi connectivity index (χ0n) is 15.7. The van der Waals surface area contributed by atoms with E-state index in [9.17, 15) is 9.18 Å². The molecule has 1 aliphatic heterocycles. The average Bonchev–Trinajstić information content (AvgIpc) is 2.72. The van der Waals surface area contributed by atoms with Crippen LogP contribution < -0.4 is 10.1 Å². The van der Waals surface area contributed by atoms with Gasteiger partial charge in [-0.3, -0.25) is 4.90 Å². The van der Waals surface area contributed by atoms with Crippen molar-refractivity contribution in [3.05, 3.63) is 65.5 Å². The van der Waals surface area contributed by atoms with Crippen molar-refractivity contribution in [3.63, 3.8) is 0 Å². The Balaban J connectivity index is 1.37. The van der Waals surface area contributed by atoms with Crippen molar-refractivity contribution in [1.29, 1.82) is 0 Å². The second-order valence-corrected chi connectivity index (χ2v) is 6.71. The number of hydrogen-bond acceptors (Lipinski definition) is 3. The van der Waals surface area contributed by atoms with Crippen LogP contribution in [0.25, 0.3) is 0 Å². The highest BCUT2D eigenvalue weighted by Gasteiger charge is 2.20. The standard InChI is InChI=1S/C21H26FN3O2/c1-27-20-8-4-17(5-9-20)10-11-24-12-14-25(15-13-24)21(26)23-16-18-2-6-19(22)7-3-18/h2-9H,10-16H2,1H3,(H,23,26). The highest BCUT2D eigenvalue weighted by Crippen LogP contribution is 2.12. The molecule has 5 nitrogen and oxygen atoms in total. The van der Waals surface area contributed by atoms with Gasteiger partial charge in [-0.1, -0.05) is 24.3 Å². The van der Waals surface area contributed by atoms with E-state index in [1.54, 1.807) is 19.2 Å². The molecule has 2 aromatic rings. The number of amides is 2. The molecule has 2 amide bonds. The minimum absolute atomic E-state index is 0.0610. The molecular weight excluding hydrogens is 345 g/mol. The maximum absolute atomic E-state index is 12.9. The number of ether oxygens (including phenoxy) is 1. The van der Waals surface area contributed by atoms with Crippen molar-refractivity contribution in [2.24, 2.45) is 0 Å². The van der Waals surface area contributed by atoms with Crippen molar-refractivity contribution in [2.45, 2.75) is 13.0 Å². The molecule has 3 rings (SSSR count). The maximum atomic E-state index is 12.9. The van der Waals surface area contributed by atoms with Gasteiger partial charge < -0.3 is 15.0 Å². The van der Waals surface area contributed by atoms with E-state index in [-0.39, 0.29) is 11.8 Å². The maximum Gasteiger partial charge on any atom is 0.317 e. The van der Waals surface area contributed by atoms with Crippen LogP contribution in [0.5, 0.6) is 5.75 Å². The third-order valence-corrected chi connectivity index (χ3v) is 4.89. The highest BCUT2D eigenvalue weighted by atomic mass is 19.1. The van der Waals surface area contributed by atoms with Gasteiger partial charge in [0.2, 0.25) is 0 Å². The van der Waals surface area contributed by atoms with E-state index in [2.05, 4.69) is 22.3 Å². The SMILES string of the molecule is COc1ccc(CCN2CCN(C(=O)NCc3ccc(F)cc3)CC2)cc1. The number of carbonyl (C=O) groups is 1. The predicted molar refractivity (Wildman–Crippen MR) is 103 cm³/mol. The summed E-state index contributed by atoms with van der Waals surface area (Å²) in [4.78, 5) is 16.5. The second kappa shape index (κ2) is 9.37. The van der Waals surface area contributed by atoms with Crippen LogP contribution in [0.1, 0.15) is 11.1 Å². The molecule has 0 aromatic heterocycles. The lowest BCUT2D eigenvalue weighted by atomic mass is 10.1. The minimum atomic E-state index is -0.268. The first-order valence-corrected chi connectivity index (χ1v) is 9.26. The van der Waals surface area contributed by atoms with Crippen LogP contribution >= 0.6 is 0 Å². The molecule has 6 heteroatoms. The second-order valence-electron chi connectivity index (χ2n) is 6.71.